The highest BCUT2D eigenvalue weighted by Gasteiger charge is 2.16. The van der Waals surface area contributed by atoms with Crippen LogP contribution in [-0.2, 0) is 4.79 Å². The van der Waals surface area contributed by atoms with Crippen LogP contribution in [0, 0.1) is 5.92 Å². The number of nitrogens with two attached hydrogens (primary N) is 1. The summed E-state index contributed by atoms with van der Waals surface area (Å²) in [5.41, 5.74) is 5.65. The maximum absolute atomic E-state index is 11.7. The van der Waals surface area contributed by atoms with E-state index in [1.165, 1.54) is 32.1 Å². The van der Waals surface area contributed by atoms with E-state index < -0.39 is 0 Å². The van der Waals surface area contributed by atoms with E-state index in [1.807, 2.05) is 6.92 Å². The highest BCUT2D eigenvalue weighted by Crippen LogP contribution is 2.26. The van der Waals surface area contributed by atoms with E-state index in [2.05, 4.69) is 0 Å². The minimum Gasteiger partial charge on any atom is -0.328 e. The van der Waals surface area contributed by atoms with Gasteiger partial charge in [0.15, 0.2) is 0 Å². The van der Waals surface area contributed by atoms with Crippen molar-refractivity contribution < 1.29 is 4.79 Å². The number of hydrogen-bond acceptors (Lipinski definition) is 2. The Kier molecular flexibility index (Phi) is 5.92. The predicted molar refractivity (Wildman–Crippen MR) is 63.7 cm³/mol. The van der Waals surface area contributed by atoms with Crippen molar-refractivity contribution in [3.05, 3.63) is 0 Å². The zero-order valence-corrected chi connectivity index (χ0v) is 10.0. The average molecular weight is 211 g/mol. The van der Waals surface area contributed by atoms with Gasteiger partial charge in [-0.05, 0) is 25.7 Å². The lowest BCUT2D eigenvalue weighted by atomic mass is 9.85. The fourth-order valence-electron chi connectivity index (χ4n) is 2.44. The molecule has 0 aromatic carbocycles. The second kappa shape index (κ2) is 7.00. The molecule has 1 aliphatic carbocycles. The molecule has 2 nitrogen and oxygen atoms in total. The molecule has 1 saturated carbocycles. The van der Waals surface area contributed by atoms with Crippen LogP contribution in [0.25, 0.3) is 0 Å². The molecule has 0 radical (unpaired) electrons. The number of carbonyl (C=O) groups excluding carboxylic acids is 1. The summed E-state index contributed by atoms with van der Waals surface area (Å²) in [6, 6.07) is 0.243. The molecule has 2 heteroatoms. The Morgan fingerprint density at radius 3 is 2.60 bits per heavy atom. The molecule has 2 N–H and O–H groups in total. The fourth-order valence-corrected chi connectivity index (χ4v) is 2.44. The van der Waals surface area contributed by atoms with Gasteiger partial charge in [0.05, 0.1) is 0 Å². The minimum absolute atomic E-state index is 0.243. The Morgan fingerprint density at radius 2 is 2.00 bits per heavy atom. The zero-order valence-electron chi connectivity index (χ0n) is 10.0. The first kappa shape index (κ1) is 12.7. The highest BCUT2D eigenvalue weighted by molar-refractivity contribution is 5.78. The van der Waals surface area contributed by atoms with Gasteiger partial charge in [-0.25, -0.2) is 0 Å². The van der Waals surface area contributed by atoms with E-state index >= 15 is 0 Å². The van der Waals surface area contributed by atoms with Crippen LogP contribution in [0.15, 0.2) is 0 Å². The Hall–Kier alpha value is -0.370. The summed E-state index contributed by atoms with van der Waals surface area (Å²) in [5, 5.41) is 0. The van der Waals surface area contributed by atoms with Crippen LogP contribution in [0.1, 0.15) is 64.7 Å². The Bertz CT molecular complexity index is 183. The van der Waals surface area contributed by atoms with Crippen molar-refractivity contribution in [2.24, 2.45) is 11.7 Å². The third-order valence-corrected chi connectivity index (χ3v) is 3.36. The van der Waals surface area contributed by atoms with Crippen molar-refractivity contribution in [2.45, 2.75) is 70.8 Å². The van der Waals surface area contributed by atoms with Crippen LogP contribution in [0.3, 0.4) is 0 Å². The van der Waals surface area contributed by atoms with E-state index in [9.17, 15) is 4.79 Å². The molecule has 1 unspecified atom stereocenters. The van der Waals surface area contributed by atoms with Crippen molar-refractivity contribution in [3.63, 3.8) is 0 Å². The maximum atomic E-state index is 11.7. The van der Waals surface area contributed by atoms with Crippen LogP contribution < -0.4 is 5.73 Å². The number of ketones is 1. The van der Waals surface area contributed by atoms with Crippen molar-refractivity contribution in [3.8, 4) is 0 Å². The molecule has 0 saturated heterocycles. The van der Waals surface area contributed by atoms with Gasteiger partial charge in [-0.2, -0.15) is 0 Å². The predicted octanol–water partition coefficient (Wildman–Crippen LogP) is 3.04. The second-order valence-corrected chi connectivity index (χ2v) is 5.12. The minimum atomic E-state index is 0.243. The van der Waals surface area contributed by atoms with E-state index in [-0.39, 0.29) is 6.04 Å². The Morgan fingerprint density at radius 1 is 1.33 bits per heavy atom. The van der Waals surface area contributed by atoms with Gasteiger partial charge in [-0.3, -0.25) is 4.79 Å². The summed E-state index contributed by atoms with van der Waals surface area (Å²) in [6.45, 7) is 2.01. The van der Waals surface area contributed by atoms with Crippen molar-refractivity contribution >= 4 is 5.78 Å². The van der Waals surface area contributed by atoms with Crippen molar-refractivity contribution in [1.29, 1.82) is 0 Å². The molecular weight excluding hydrogens is 186 g/mol. The quantitative estimate of drug-likeness (QED) is 0.733. The Balaban J connectivity index is 2.06. The van der Waals surface area contributed by atoms with Crippen LogP contribution in [0.5, 0.6) is 0 Å². The summed E-state index contributed by atoms with van der Waals surface area (Å²) in [7, 11) is 0. The van der Waals surface area contributed by atoms with E-state index in [0.717, 1.165) is 25.7 Å². The van der Waals surface area contributed by atoms with Gasteiger partial charge in [0.25, 0.3) is 0 Å². The van der Waals surface area contributed by atoms with E-state index in [1.54, 1.807) is 0 Å². The molecule has 1 fully saturated rings. The van der Waals surface area contributed by atoms with Gasteiger partial charge in [0.1, 0.15) is 5.78 Å². The summed E-state index contributed by atoms with van der Waals surface area (Å²) in [6.07, 6.45) is 10.1. The first-order valence-corrected chi connectivity index (χ1v) is 6.45. The van der Waals surface area contributed by atoms with Gasteiger partial charge < -0.3 is 5.73 Å². The molecule has 0 heterocycles. The molecule has 0 bridgehead atoms. The molecule has 1 rings (SSSR count). The summed E-state index contributed by atoms with van der Waals surface area (Å²) >= 11 is 0. The molecular formula is C13H25NO. The number of Topliss-reactive ketones (excluding diaryl/α,β-unsaturated/α-hetero) is 1. The smallest absolute Gasteiger partial charge is 0.133 e. The fraction of sp³-hybridized carbons (Fsp3) is 0.923. The highest BCUT2D eigenvalue weighted by atomic mass is 16.1. The van der Waals surface area contributed by atoms with Gasteiger partial charge >= 0.3 is 0 Å². The van der Waals surface area contributed by atoms with Gasteiger partial charge in [0, 0.05) is 18.9 Å². The molecule has 88 valence electrons. The van der Waals surface area contributed by atoms with Gasteiger partial charge in [-0.15, -0.1) is 0 Å². The normalized spacial score (nSPS) is 20.1. The SMILES string of the molecule is CC(N)CCCC(=O)CC1CCCCC1. The lowest BCUT2D eigenvalue weighted by molar-refractivity contribution is -0.120. The molecule has 0 amide bonds. The zero-order chi connectivity index (χ0) is 11.1. The largest absolute Gasteiger partial charge is 0.328 e. The number of rotatable bonds is 6. The van der Waals surface area contributed by atoms with E-state index in [0.29, 0.717) is 11.7 Å². The lowest BCUT2D eigenvalue weighted by Gasteiger charge is -2.20. The number of carbonyl (C=O) groups is 1. The topological polar surface area (TPSA) is 43.1 Å². The summed E-state index contributed by atoms with van der Waals surface area (Å²) in [4.78, 5) is 11.7. The molecule has 1 atom stereocenters. The first-order chi connectivity index (χ1) is 7.18. The molecule has 15 heavy (non-hydrogen) atoms. The second-order valence-electron chi connectivity index (χ2n) is 5.12. The molecule has 0 aromatic heterocycles. The Labute approximate surface area is 93.6 Å². The van der Waals surface area contributed by atoms with Crippen LogP contribution in [0.2, 0.25) is 0 Å². The summed E-state index contributed by atoms with van der Waals surface area (Å²) < 4.78 is 0. The standard InChI is InChI=1S/C13H25NO/c1-11(14)6-5-9-13(15)10-12-7-3-2-4-8-12/h11-12H,2-10,14H2,1H3. The first-order valence-electron chi connectivity index (χ1n) is 6.45. The molecule has 1 aliphatic rings. The maximum Gasteiger partial charge on any atom is 0.133 e. The molecule has 0 spiro atoms. The van der Waals surface area contributed by atoms with Crippen LogP contribution >= 0.6 is 0 Å². The molecule has 0 aliphatic heterocycles. The van der Waals surface area contributed by atoms with Gasteiger partial charge in [0.2, 0.25) is 0 Å². The summed E-state index contributed by atoms with van der Waals surface area (Å²) in [5.74, 6) is 1.16. The van der Waals surface area contributed by atoms with Crippen molar-refractivity contribution in [1.82, 2.24) is 0 Å². The van der Waals surface area contributed by atoms with Crippen LogP contribution in [-0.4, -0.2) is 11.8 Å². The third kappa shape index (κ3) is 5.93. The van der Waals surface area contributed by atoms with Crippen molar-refractivity contribution in [2.75, 3.05) is 0 Å². The molecule has 0 aromatic rings. The van der Waals surface area contributed by atoms with Crippen LogP contribution in [0.4, 0.5) is 0 Å². The van der Waals surface area contributed by atoms with Gasteiger partial charge in [-0.1, -0.05) is 32.1 Å². The third-order valence-electron chi connectivity index (χ3n) is 3.36. The number of hydrogen-bond donors (Lipinski definition) is 1. The van der Waals surface area contributed by atoms with E-state index in [4.69, 9.17) is 5.73 Å². The lowest BCUT2D eigenvalue weighted by Crippen LogP contribution is -2.16. The monoisotopic (exact) mass is 211 g/mol. The average Bonchev–Trinajstić information content (AvgIpc) is 2.18.